The minimum atomic E-state index is -0.965. The SMILES string of the molecule is COC1CCN(CCc2ccccc2)CC1CS(=O)c1ccccc1. The lowest BCUT2D eigenvalue weighted by molar-refractivity contribution is 0.00240. The monoisotopic (exact) mass is 357 g/mol. The molecular weight excluding hydrogens is 330 g/mol. The number of hydrogen-bond donors (Lipinski definition) is 0. The van der Waals surface area contributed by atoms with Crippen LogP contribution in [0.15, 0.2) is 65.6 Å². The van der Waals surface area contributed by atoms with Crippen LogP contribution >= 0.6 is 0 Å². The molecule has 3 rings (SSSR count). The fraction of sp³-hybridized carbons (Fsp3) is 0.429. The van der Waals surface area contributed by atoms with Gasteiger partial charge < -0.3 is 9.64 Å². The average molecular weight is 358 g/mol. The molecule has 4 heteroatoms. The van der Waals surface area contributed by atoms with Gasteiger partial charge in [-0.25, -0.2) is 0 Å². The Kier molecular flexibility index (Phi) is 6.79. The standard InChI is InChI=1S/C21H27NO2S/c1-24-21-13-15-22(14-12-18-8-4-2-5-9-18)16-19(21)17-25(23)20-10-6-3-7-11-20/h2-11,19,21H,12-17H2,1H3. The van der Waals surface area contributed by atoms with E-state index in [0.717, 1.165) is 37.4 Å². The molecule has 134 valence electrons. The first-order valence-corrected chi connectivity index (χ1v) is 10.3. The van der Waals surface area contributed by atoms with Crippen LogP contribution < -0.4 is 0 Å². The molecule has 3 nitrogen and oxygen atoms in total. The number of ether oxygens (including phenoxy) is 1. The zero-order chi connectivity index (χ0) is 17.5. The number of methoxy groups -OCH3 is 1. The summed E-state index contributed by atoms with van der Waals surface area (Å²) in [4.78, 5) is 3.41. The molecule has 1 aliphatic heterocycles. The average Bonchev–Trinajstić information content (AvgIpc) is 2.68. The van der Waals surface area contributed by atoms with Gasteiger partial charge in [0.05, 0.1) is 16.9 Å². The Labute approximate surface area is 153 Å². The number of rotatable bonds is 7. The second kappa shape index (κ2) is 9.27. The fourth-order valence-corrected chi connectivity index (χ4v) is 4.92. The molecule has 0 N–H and O–H groups in total. The van der Waals surface area contributed by atoms with E-state index in [-0.39, 0.29) is 6.10 Å². The van der Waals surface area contributed by atoms with Crippen molar-refractivity contribution in [1.29, 1.82) is 0 Å². The van der Waals surface area contributed by atoms with Crippen molar-refractivity contribution in [3.63, 3.8) is 0 Å². The van der Waals surface area contributed by atoms with Crippen LogP contribution in [0.1, 0.15) is 12.0 Å². The van der Waals surface area contributed by atoms with E-state index in [4.69, 9.17) is 4.74 Å². The maximum Gasteiger partial charge on any atom is 0.0632 e. The summed E-state index contributed by atoms with van der Waals surface area (Å²) in [7, 11) is 0.816. The Morgan fingerprint density at radius 3 is 2.44 bits per heavy atom. The van der Waals surface area contributed by atoms with Crippen LogP contribution in [0.3, 0.4) is 0 Å². The lowest BCUT2D eigenvalue weighted by atomic mass is 9.96. The smallest absolute Gasteiger partial charge is 0.0632 e. The summed E-state index contributed by atoms with van der Waals surface area (Å²) in [5, 5.41) is 0. The van der Waals surface area contributed by atoms with Crippen LogP contribution in [-0.2, 0) is 22.0 Å². The molecule has 0 amide bonds. The van der Waals surface area contributed by atoms with Gasteiger partial charge >= 0.3 is 0 Å². The summed E-state index contributed by atoms with van der Waals surface area (Å²) < 4.78 is 18.4. The van der Waals surface area contributed by atoms with Gasteiger partial charge in [-0.05, 0) is 30.5 Å². The molecule has 3 unspecified atom stereocenters. The molecule has 1 aliphatic rings. The van der Waals surface area contributed by atoms with Gasteiger partial charge in [-0.15, -0.1) is 0 Å². The highest BCUT2D eigenvalue weighted by molar-refractivity contribution is 7.85. The van der Waals surface area contributed by atoms with Crippen molar-refractivity contribution in [3.8, 4) is 0 Å². The number of benzene rings is 2. The Morgan fingerprint density at radius 2 is 1.76 bits per heavy atom. The molecule has 1 fully saturated rings. The van der Waals surface area contributed by atoms with Crippen LogP contribution in [0.25, 0.3) is 0 Å². The van der Waals surface area contributed by atoms with E-state index in [0.29, 0.717) is 11.7 Å². The van der Waals surface area contributed by atoms with Crippen molar-refractivity contribution in [1.82, 2.24) is 4.90 Å². The molecule has 0 saturated carbocycles. The van der Waals surface area contributed by atoms with E-state index in [1.165, 1.54) is 5.56 Å². The van der Waals surface area contributed by atoms with Gasteiger partial charge in [0.1, 0.15) is 0 Å². The van der Waals surface area contributed by atoms with Crippen LogP contribution in [0.4, 0.5) is 0 Å². The Morgan fingerprint density at radius 1 is 1.08 bits per heavy atom. The highest BCUT2D eigenvalue weighted by Gasteiger charge is 2.30. The molecular formula is C21H27NO2S. The Balaban J connectivity index is 1.57. The minimum Gasteiger partial charge on any atom is -0.381 e. The van der Waals surface area contributed by atoms with Crippen LogP contribution in [0.5, 0.6) is 0 Å². The third-order valence-corrected chi connectivity index (χ3v) is 6.51. The zero-order valence-corrected chi connectivity index (χ0v) is 15.7. The summed E-state index contributed by atoms with van der Waals surface area (Å²) in [5.74, 6) is 0.986. The van der Waals surface area contributed by atoms with Gasteiger partial charge in [0.15, 0.2) is 0 Å². The third kappa shape index (κ3) is 5.24. The minimum absolute atomic E-state index is 0.209. The van der Waals surface area contributed by atoms with E-state index in [2.05, 4.69) is 35.2 Å². The van der Waals surface area contributed by atoms with Crippen molar-refractivity contribution in [2.75, 3.05) is 32.5 Å². The van der Waals surface area contributed by atoms with E-state index >= 15 is 0 Å². The van der Waals surface area contributed by atoms with Crippen molar-refractivity contribution in [3.05, 3.63) is 66.2 Å². The molecule has 2 aromatic carbocycles. The van der Waals surface area contributed by atoms with Crippen molar-refractivity contribution in [2.45, 2.75) is 23.8 Å². The summed E-state index contributed by atoms with van der Waals surface area (Å²) in [6, 6.07) is 20.4. The first-order valence-electron chi connectivity index (χ1n) is 8.99. The third-order valence-electron chi connectivity index (χ3n) is 4.98. The van der Waals surface area contributed by atoms with Crippen LogP contribution in [0.2, 0.25) is 0 Å². The van der Waals surface area contributed by atoms with Gasteiger partial charge in [0.25, 0.3) is 0 Å². The van der Waals surface area contributed by atoms with Crippen LogP contribution in [0, 0.1) is 5.92 Å². The second-order valence-electron chi connectivity index (χ2n) is 6.68. The van der Waals surface area contributed by atoms with Gasteiger partial charge in [0.2, 0.25) is 0 Å². The number of nitrogens with zero attached hydrogens (tertiary/aromatic N) is 1. The maximum atomic E-state index is 12.7. The molecule has 1 saturated heterocycles. The molecule has 25 heavy (non-hydrogen) atoms. The molecule has 0 spiro atoms. The summed E-state index contributed by atoms with van der Waals surface area (Å²) in [6.07, 6.45) is 2.29. The van der Waals surface area contributed by atoms with Crippen molar-refractivity contribution >= 4 is 10.8 Å². The second-order valence-corrected chi connectivity index (χ2v) is 8.18. The summed E-state index contributed by atoms with van der Waals surface area (Å²) in [5.41, 5.74) is 1.38. The summed E-state index contributed by atoms with van der Waals surface area (Å²) >= 11 is 0. The van der Waals surface area contributed by atoms with Gasteiger partial charge in [-0.1, -0.05) is 48.5 Å². The number of likely N-dealkylation sites (tertiary alicyclic amines) is 1. The lowest BCUT2D eigenvalue weighted by Crippen LogP contribution is -2.46. The molecule has 0 bridgehead atoms. The predicted molar refractivity (Wildman–Crippen MR) is 103 cm³/mol. The highest BCUT2D eigenvalue weighted by atomic mass is 32.2. The molecule has 0 aliphatic carbocycles. The maximum absolute atomic E-state index is 12.7. The number of hydrogen-bond acceptors (Lipinski definition) is 3. The fourth-order valence-electron chi connectivity index (χ4n) is 3.55. The quantitative estimate of drug-likeness (QED) is 0.761. The molecule has 2 aromatic rings. The van der Waals surface area contributed by atoms with E-state index in [1.807, 2.05) is 30.3 Å². The highest BCUT2D eigenvalue weighted by Crippen LogP contribution is 2.23. The molecule has 0 radical (unpaired) electrons. The summed E-state index contributed by atoms with van der Waals surface area (Å²) in [6.45, 7) is 3.07. The first kappa shape index (κ1) is 18.3. The van der Waals surface area contributed by atoms with Crippen molar-refractivity contribution in [2.24, 2.45) is 5.92 Å². The van der Waals surface area contributed by atoms with E-state index in [9.17, 15) is 4.21 Å². The Bertz CT molecular complexity index is 662. The zero-order valence-electron chi connectivity index (χ0n) is 14.8. The number of piperidine rings is 1. The first-order chi connectivity index (χ1) is 12.3. The molecule has 3 atom stereocenters. The largest absolute Gasteiger partial charge is 0.381 e. The van der Waals surface area contributed by atoms with Crippen LogP contribution in [-0.4, -0.2) is 47.7 Å². The predicted octanol–water partition coefficient (Wildman–Crippen LogP) is 3.37. The molecule has 1 heterocycles. The molecule has 0 aromatic heterocycles. The van der Waals surface area contributed by atoms with Crippen molar-refractivity contribution < 1.29 is 8.95 Å². The normalized spacial score (nSPS) is 22.6. The van der Waals surface area contributed by atoms with E-state index < -0.39 is 10.8 Å². The van der Waals surface area contributed by atoms with Gasteiger partial charge in [-0.3, -0.25) is 4.21 Å². The van der Waals surface area contributed by atoms with Gasteiger partial charge in [0, 0.05) is 43.3 Å². The lowest BCUT2D eigenvalue weighted by Gasteiger charge is -2.37. The Hall–Kier alpha value is -1.49. The van der Waals surface area contributed by atoms with Gasteiger partial charge in [-0.2, -0.15) is 0 Å². The topological polar surface area (TPSA) is 29.5 Å². The van der Waals surface area contributed by atoms with E-state index in [1.54, 1.807) is 7.11 Å².